The Bertz CT molecular complexity index is 500. The summed E-state index contributed by atoms with van der Waals surface area (Å²) in [6.45, 7) is 7.61. The van der Waals surface area contributed by atoms with Gasteiger partial charge < -0.3 is 10.2 Å². The van der Waals surface area contributed by atoms with Gasteiger partial charge in [0.1, 0.15) is 0 Å². The minimum atomic E-state index is -0.105. The molecule has 21 heavy (non-hydrogen) atoms. The molecule has 1 amide bonds. The van der Waals surface area contributed by atoms with Crippen molar-refractivity contribution in [3.63, 3.8) is 0 Å². The number of likely N-dealkylation sites (N-methyl/N-ethyl adjacent to an activating group) is 1. The third kappa shape index (κ3) is 4.07. The molecule has 0 aliphatic heterocycles. The summed E-state index contributed by atoms with van der Waals surface area (Å²) in [5, 5.41) is 3.52. The number of rotatable bonds is 5. The van der Waals surface area contributed by atoms with Crippen LogP contribution < -0.4 is 5.32 Å². The molecule has 0 spiro atoms. The second-order valence-electron chi connectivity index (χ2n) is 5.75. The first-order valence-electron chi connectivity index (χ1n) is 7.87. The van der Waals surface area contributed by atoms with E-state index in [1.54, 1.807) is 0 Å². The highest BCUT2D eigenvalue weighted by Gasteiger charge is 2.24. The van der Waals surface area contributed by atoms with Gasteiger partial charge in [0, 0.05) is 23.6 Å². The monoisotopic (exact) mass is 352 g/mol. The highest BCUT2D eigenvalue weighted by atomic mass is 79.9. The van der Waals surface area contributed by atoms with E-state index in [4.69, 9.17) is 0 Å². The van der Waals surface area contributed by atoms with E-state index in [9.17, 15) is 4.79 Å². The molecule has 0 aromatic heterocycles. The van der Waals surface area contributed by atoms with Crippen molar-refractivity contribution in [3.8, 4) is 0 Å². The van der Waals surface area contributed by atoms with E-state index in [1.807, 2.05) is 25.7 Å². The largest absolute Gasteiger partial charge is 0.342 e. The number of nitrogens with one attached hydrogen (secondary N) is 1. The minimum Gasteiger partial charge on any atom is -0.342 e. The SMILES string of the molecule is CCN(CC)C(=O)C(C)NC1CCc2cc(Br)ccc2C1. The van der Waals surface area contributed by atoms with E-state index in [0.717, 1.165) is 36.8 Å². The summed E-state index contributed by atoms with van der Waals surface area (Å²) in [5.41, 5.74) is 2.84. The Morgan fingerprint density at radius 3 is 2.76 bits per heavy atom. The molecule has 1 N–H and O–H groups in total. The normalized spacial score (nSPS) is 19.0. The number of nitrogens with zero attached hydrogens (tertiary/aromatic N) is 1. The molecule has 1 aliphatic carbocycles. The molecule has 0 heterocycles. The van der Waals surface area contributed by atoms with Gasteiger partial charge in [-0.25, -0.2) is 0 Å². The van der Waals surface area contributed by atoms with Crippen molar-refractivity contribution >= 4 is 21.8 Å². The predicted octanol–water partition coefficient (Wildman–Crippen LogP) is 3.15. The van der Waals surface area contributed by atoms with Crippen LogP contribution in [0.2, 0.25) is 0 Å². The zero-order valence-electron chi connectivity index (χ0n) is 13.2. The Morgan fingerprint density at radius 1 is 1.38 bits per heavy atom. The topological polar surface area (TPSA) is 32.3 Å². The number of aryl methyl sites for hydroxylation is 1. The lowest BCUT2D eigenvalue weighted by molar-refractivity contribution is -0.132. The van der Waals surface area contributed by atoms with Crippen LogP contribution in [0.25, 0.3) is 0 Å². The number of carbonyl (C=O) groups excluding carboxylic acids is 1. The smallest absolute Gasteiger partial charge is 0.239 e. The van der Waals surface area contributed by atoms with Crippen molar-refractivity contribution < 1.29 is 4.79 Å². The van der Waals surface area contributed by atoms with Crippen molar-refractivity contribution in [2.75, 3.05) is 13.1 Å². The van der Waals surface area contributed by atoms with Gasteiger partial charge in [-0.05, 0) is 63.3 Å². The van der Waals surface area contributed by atoms with Crippen LogP contribution in [0.3, 0.4) is 0 Å². The molecule has 2 rings (SSSR count). The summed E-state index contributed by atoms with van der Waals surface area (Å²) in [7, 11) is 0. The van der Waals surface area contributed by atoms with Gasteiger partial charge in [-0.2, -0.15) is 0 Å². The molecular formula is C17H25BrN2O. The molecule has 0 fully saturated rings. The van der Waals surface area contributed by atoms with Crippen LogP contribution in [-0.4, -0.2) is 36.0 Å². The maximum atomic E-state index is 12.3. The van der Waals surface area contributed by atoms with Gasteiger partial charge >= 0.3 is 0 Å². The second-order valence-corrected chi connectivity index (χ2v) is 6.67. The molecular weight excluding hydrogens is 328 g/mol. The Kier molecular flexibility index (Phi) is 5.82. The van der Waals surface area contributed by atoms with Crippen LogP contribution >= 0.6 is 15.9 Å². The van der Waals surface area contributed by atoms with Crippen LogP contribution in [0.4, 0.5) is 0 Å². The number of amides is 1. The average molecular weight is 353 g/mol. The quantitative estimate of drug-likeness (QED) is 0.882. The maximum Gasteiger partial charge on any atom is 0.239 e. The minimum absolute atomic E-state index is 0.105. The second kappa shape index (κ2) is 7.41. The predicted molar refractivity (Wildman–Crippen MR) is 90.5 cm³/mol. The summed E-state index contributed by atoms with van der Waals surface area (Å²) < 4.78 is 1.15. The fraction of sp³-hybridized carbons (Fsp3) is 0.588. The van der Waals surface area contributed by atoms with E-state index in [-0.39, 0.29) is 11.9 Å². The number of halogens is 1. The van der Waals surface area contributed by atoms with Crippen LogP contribution in [0.1, 0.15) is 38.3 Å². The molecule has 0 saturated carbocycles. The molecule has 2 unspecified atom stereocenters. The molecule has 1 aliphatic rings. The third-order valence-corrected chi connectivity index (χ3v) is 4.82. The molecule has 2 atom stereocenters. The number of fused-ring (bicyclic) bond motifs is 1. The molecule has 3 nitrogen and oxygen atoms in total. The van der Waals surface area contributed by atoms with E-state index >= 15 is 0 Å². The van der Waals surface area contributed by atoms with Gasteiger partial charge in [0.25, 0.3) is 0 Å². The highest BCUT2D eigenvalue weighted by Crippen LogP contribution is 2.25. The fourth-order valence-electron chi connectivity index (χ4n) is 3.10. The van der Waals surface area contributed by atoms with Crippen LogP contribution in [-0.2, 0) is 17.6 Å². The van der Waals surface area contributed by atoms with Crippen molar-refractivity contribution in [2.45, 2.75) is 52.1 Å². The fourth-order valence-corrected chi connectivity index (χ4v) is 3.51. The van der Waals surface area contributed by atoms with Crippen molar-refractivity contribution in [3.05, 3.63) is 33.8 Å². The summed E-state index contributed by atoms with van der Waals surface area (Å²) in [5.74, 6) is 0.210. The number of hydrogen-bond donors (Lipinski definition) is 1. The zero-order valence-corrected chi connectivity index (χ0v) is 14.7. The summed E-state index contributed by atoms with van der Waals surface area (Å²) in [4.78, 5) is 14.2. The maximum absolute atomic E-state index is 12.3. The van der Waals surface area contributed by atoms with Gasteiger partial charge in [-0.3, -0.25) is 4.79 Å². The van der Waals surface area contributed by atoms with Crippen LogP contribution in [0.5, 0.6) is 0 Å². The standard InChI is InChI=1S/C17H25BrN2O/c1-4-20(5-2)17(21)12(3)19-16-9-7-13-10-15(18)8-6-14(13)11-16/h6,8,10,12,16,19H,4-5,7,9,11H2,1-3H3. The summed E-state index contributed by atoms with van der Waals surface area (Å²) in [6.07, 6.45) is 3.19. The first kappa shape index (κ1) is 16.5. The molecule has 1 aromatic rings. The molecule has 116 valence electrons. The average Bonchev–Trinajstić information content (AvgIpc) is 2.48. The Balaban J connectivity index is 1.96. The lowest BCUT2D eigenvalue weighted by Gasteiger charge is -2.30. The van der Waals surface area contributed by atoms with Gasteiger partial charge in [-0.15, -0.1) is 0 Å². The summed E-state index contributed by atoms with van der Waals surface area (Å²) >= 11 is 3.53. The van der Waals surface area contributed by atoms with E-state index in [1.165, 1.54) is 11.1 Å². The summed E-state index contributed by atoms with van der Waals surface area (Å²) in [6, 6.07) is 6.81. The highest BCUT2D eigenvalue weighted by molar-refractivity contribution is 9.10. The Morgan fingerprint density at radius 2 is 2.10 bits per heavy atom. The molecule has 0 bridgehead atoms. The van der Waals surface area contributed by atoms with Crippen molar-refractivity contribution in [1.82, 2.24) is 10.2 Å². The lowest BCUT2D eigenvalue weighted by atomic mass is 9.88. The van der Waals surface area contributed by atoms with Gasteiger partial charge in [0.2, 0.25) is 5.91 Å². The van der Waals surface area contributed by atoms with Gasteiger partial charge in [0.05, 0.1) is 6.04 Å². The third-order valence-electron chi connectivity index (χ3n) is 4.33. The Labute approximate surface area is 136 Å². The number of hydrogen-bond acceptors (Lipinski definition) is 2. The number of benzene rings is 1. The zero-order chi connectivity index (χ0) is 15.4. The van der Waals surface area contributed by atoms with E-state index in [2.05, 4.69) is 39.4 Å². The van der Waals surface area contributed by atoms with E-state index in [0.29, 0.717) is 6.04 Å². The molecule has 0 saturated heterocycles. The molecule has 1 aromatic carbocycles. The molecule has 4 heteroatoms. The van der Waals surface area contributed by atoms with E-state index < -0.39 is 0 Å². The Hall–Kier alpha value is -0.870. The molecule has 0 radical (unpaired) electrons. The van der Waals surface area contributed by atoms with Crippen molar-refractivity contribution in [1.29, 1.82) is 0 Å². The number of carbonyl (C=O) groups is 1. The first-order chi connectivity index (χ1) is 10.0. The lowest BCUT2D eigenvalue weighted by Crippen LogP contribution is -2.49. The first-order valence-corrected chi connectivity index (χ1v) is 8.66. The van der Waals surface area contributed by atoms with Crippen LogP contribution in [0, 0.1) is 0 Å². The van der Waals surface area contributed by atoms with Gasteiger partial charge in [-0.1, -0.05) is 22.0 Å². The van der Waals surface area contributed by atoms with Crippen molar-refractivity contribution in [2.24, 2.45) is 0 Å². The van der Waals surface area contributed by atoms with Crippen LogP contribution in [0.15, 0.2) is 22.7 Å². The van der Waals surface area contributed by atoms with Gasteiger partial charge in [0.15, 0.2) is 0 Å².